The highest BCUT2D eigenvalue weighted by molar-refractivity contribution is 7.98. The quantitative estimate of drug-likeness (QED) is 0.0756. The van der Waals surface area contributed by atoms with E-state index in [1.165, 1.54) is 103 Å². The third kappa shape index (κ3) is 13.2. The zero-order valence-electron chi connectivity index (χ0n) is 65.1. The van der Waals surface area contributed by atoms with Crippen molar-refractivity contribution in [1.82, 2.24) is 39.9 Å². The van der Waals surface area contributed by atoms with Crippen LogP contribution in [0.2, 0.25) is 0 Å². The standard InChI is InChI=1S/C88H67N9O16S8/c1-48-16-32-56(33-17-48)114(98,99)73-69-70(74(115(100,101)57-34-18-49(2)19-35-57)78(119(108,109)61-42-26-53(6)27-43-61)77(73)118(106,107)60-40-24-52(5)25-41-60)87-95-85(69)92-82-65-13-10-9-12-64(65)81(90-82)91-83-66-14-11-15-67(89)68(66)84(93-83)94-86-71-72(88(96-86)97-87)76(117(104,105)59-38-22-51(4)23-39-59)80(121(112,113)63-46-30-55(8)31-47-63)79(120(110,111)62-44-28-54(7)29-45-62)75(71)116(102,103)58-36-20-50(3)21-37-58/h9-47H,89H2,1-8H3,(H2,90,91,92,93,94,95,96,97). The maximum atomic E-state index is 17.4. The molecular weight excluding hydrogens is 1700 g/mol. The third-order valence-electron chi connectivity index (χ3n) is 21.1. The zero-order valence-corrected chi connectivity index (χ0v) is 71.6. The number of nitrogens with zero attached hydrogens (tertiary/aromatic N) is 6. The van der Waals surface area contributed by atoms with Crippen molar-refractivity contribution >= 4 is 129 Å². The average molecular weight is 1760 g/mol. The van der Waals surface area contributed by atoms with Crippen molar-refractivity contribution in [2.24, 2.45) is 0 Å². The summed E-state index contributed by atoms with van der Waals surface area (Å²) in [7, 11) is -47.3. The first-order chi connectivity index (χ1) is 57.2. The number of hydrogen-bond acceptors (Lipinski definition) is 23. The molecule has 17 rings (SSSR count). The molecule has 2 aliphatic heterocycles. The Balaban J connectivity index is 1.25. The predicted molar refractivity (Wildman–Crippen MR) is 454 cm³/mol. The molecule has 4 N–H and O–H groups in total. The fourth-order valence-corrected chi connectivity index (χ4v) is 30.9. The molecule has 5 heterocycles. The second kappa shape index (κ2) is 28.8. The van der Waals surface area contributed by atoms with Gasteiger partial charge in [0.05, 0.1) is 66.4 Å². The van der Waals surface area contributed by atoms with Gasteiger partial charge in [0.1, 0.15) is 61.8 Å². The van der Waals surface area contributed by atoms with E-state index in [1.54, 1.807) is 91.8 Å². The Bertz CT molecular complexity index is 8230. The number of fused-ring (bicyclic) bond motifs is 20. The Morgan fingerprint density at radius 1 is 0.215 bits per heavy atom. The average Bonchev–Trinajstić information content (AvgIpc) is 1.63. The van der Waals surface area contributed by atoms with Gasteiger partial charge in [0.15, 0.2) is 23.3 Å². The van der Waals surface area contributed by atoms with Crippen molar-refractivity contribution < 1.29 is 67.3 Å². The van der Waals surface area contributed by atoms with Crippen LogP contribution >= 0.6 is 0 Å². The van der Waals surface area contributed by atoms with Gasteiger partial charge in [-0.05, 0) is 159 Å². The number of benzene rings is 12. The molecular formula is C88H67N9O16S8. The summed E-state index contributed by atoms with van der Waals surface area (Å²) in [6.07, 6.45) is 0. The summed E-state index contributed by atoms with van der Waals surface area (Å²) in [5, 5.41) is -2.04. The van der Waals surface area contributed by atoms with Crippen LogP contribution in [0.25, 0.3) is 89.7 Å². The molecule has 8 bridgehead atoms. The highest BCUT2D eigenvalue weighted by Crippen LogP contribution is 2.56. The zero-order chi connectivity index (χ0) is 85.9. The summed E-state index contributed by atoms with van der Waals surface area (Å²) < 4.78 is 275. The Morgan fingerprint density at radius 2 is 0.430 bits per heavy atom. The van der Waals surface area contributed by atoms with Gasteiger partial charge in [-0.3, -0.25) is 0 Å². The number of aryl methyl sites for hydroxylation is 8. The topological polar surface area (TPSA) is 408 Å². The normalized spacial score (nSPS) is 12.9. The third-order valence-corrected chi connectivity index (χ3v) is 36.6. The molecule has 0 saturated heterocycles. The Hall–Kier alpha value is -12.6. The van der Waals surface area contributed by atoms with Crippen molar-refractivity contribution in [2.45, 2.75) is 134 Å². The van der Waals surface area contributed by atoms with Crippen LogP contribution in [0, 0.1) is 55.4 Å². The molecule has 0 atom stereocenters. The van der Waals surface area contributed by atoms with E-state index in [0.29, 0.717) is 44.5 Å². The summed E-state index contributed by atoms with van der Waals surface area (Å²) in [5.74, 6) is -2.75. The van der Waals surface area contributed by atoms with Crippen LogP contribution < -0.4 is 5.73 Å². The minimum Gasteiger partial charge on any atom is -0.398 e. The second-order valence-electron chi connectivity index (χ2n) is 29.6. The summed E-state index contributed by atoms with van der Waals surface area (Å²) in [5.41, 5.74) is 6.12. The number of aromatic amines is 2. The van der Waals surface area contributed by atoms with Gasteiger partial charge in [0, 0.05) is 22.2 Å². The number of sulfone groups is 8. The van der Waals surface area contributed by atoms with Gasteiger partial charge in [-0.25, -0.2) is 97.2 Å². The predicted octanol–water partition coefficient (Wildman–Crippen LogP) is 15.6. The molecule has 0 unspecified atom stereocenters. The van der Waals surface area contributed by atoms with Crippen LogP contribution in [0.15, 0.2) is 315 Å². The summed E-state index contributed by atoms with van der Waals surface area (Å²) >= 11 is 0. The number of nitrogen functional groups attached to an aromatic ring is 1. The highest BCUT2D eigenvalue weighted by atomic mass is 32.2. The van der Waals surface area contributed by atoms with Crippen LogP contribution in [-0.2, 0) is 78.7 Å². The van der Waals surface area contributed by atoms with E-state index in [-0.39, 0.29) is 50.5 Å². The molecule has 2 aliphatic rings. The fraction of sp³-hybridized carbons (Fsp3) is 0.0909. The van der Waals surface area contributed by atoms with E-state index >= 15 is 67.3 Å². The van der Waals surface area contributed by atoms with Gasteiger partial charge in [-0.15, -0.1) is 0 Å². The minimum absolute atomic E-state index is 0.00838. The molecule has 0 saturated carbocycles. The molecule has 0 radical (unpaired) electrons. The highest BCUT2D eigenvalue weighted by Gasteiger charge is 2.51. The van der Waals surface area contributed by atoms with Crippen molar-refractivity contribution in [3.05, 3.63) is 281 Å². The van der Waals surface area contributed by atoms with E-state index < -0.39 is 202 Å². The minimum atomic E-state index is -5.98. The first-order valence-electron chi connectivity index (χ1n) is 37.0. The fourth-order valence-electron chi connectivity index (χ4n) is 14.8. The molecule has 15 aromatic rings. The van der Waals surface area contributed by atoms with Gasteiger partial charge in [0.2, 0.25) is 78.7 Å². The van der Waals surface area contributed by atoms with E-state index in [9.17, 15) is 0 Å². The molecule has 33 heteroatoms. The maximum Gasteiger partial charge on any atom is 0.209 e. The number of nitrogens with two attached hydrogens (primary N) is 1. The van der Waals surface area contributed by atoms with Gasteiger partial charge in [0.25, 0.3) is 0 Å². The molecule has 12 aromatic carbocycles. The van der Waals surface area contributed by atoms with E-state index in [0.717, 1.165) is 97.1 Å². The number of hydrogen-bond donors (Lipinski definition) is 3. The number of anilines is 1. The number of nitrogens with one attached hydrogen (secondary N) is 2. The van der Waals surface area contributed by atoms with Crippen LogP contribution in [0.3, 0.4) is 0 Å². The van der Waals surface area contributed by atoms with Crippen LogP contribution in [0.4, 0.5) is 5.69 Å². The number of rotatable bonds is 16. The lowest BCUT2D eigenvalue weighted by molar-refractivity contribution is 0.565. The van der Waals surface area contributed by atoms with Crippen molar-refractivity contribution in [2.75, 3.05) is 5.73 Å². The summed E-state index contributed by atoms with van der Waals surface area (Å²) in [4.78, 5) is 17.5. The van der Waals surface area contributed by atoms with Gasteiger partial charge >= 0.3 is 0 Å². The van der Waals surface area contributed by atoms with Crippen molar-refractivity contribution in [3.8, 4) is 45.6 Å². The molecule has 3 aromatic heterocycles. The first-order valence-corrected chi connectivity index (χ1v) is 48.9. The Morgan fingerprint density at radius 3 is 0.711 bits per heavy atom. The molecule has 608 valence electrons. The van der Waals surface area contributed by atoms with Crippen LogP contribution in [-0.4, -0.2) is 107 Å². The molecule has 0 spiro atoms. The van der Waals surface area contributed by atoms with E-state index in [2.05, 4.69) is 9.97 Å². The van der Waals surface area contributed by atoms with E-state index in [1.807, 2.05) is 0 Å². The Kier molecular flexibility index (Phi) is 19.2. The smallest absolute Gasteiger partial charge is 0.209 e. The largest absolute Gasteiger partial charge is 0.398 e. The SMILES string of the molecule is Cc1ccc(S(=O)(=O)c2c3c(c(S(=O)(=O)c4ccc(C)cc4)c(S(=O)(=O)c4ccc(C)cc4)c2S(=O)(=O)c2ccc(C)cc2)-c2nc-3nc3[nH]c(nc4nc(nc5[nH]c(n2)c2c(S(=O)(=O)c6ccc(C)cc6)c(S(=O)(=O)c6ccc(C)cc6)c(S(=O)(=O)c6ccc(C)cc6)c(S(=O)(=O)c6ccc(C)cc6)c52)-c2ccccc2-4)c2cccc(N)c32)cc1. The molecule has 0 fully saturated rings. The summed E-state index contributed by atoms with van der Waals surface area (Å²) in [6.45, 7) is 12.8. The van der Waals surface area contributed by atoms with Crippen LogP contribution in [0.1, 0.15) is 44.5 Å². The summed E-state index contributed by atoms with van der Waals surface area (Å²) in [6, 6.07) is 49.4. The molecule has 121 heavy (non-hydrogen) atoms. The number of H-pyrrole nitrogens is 2. The second-order valence-corrected chi connectivity index (χ2v) is 44.7. The molecule has 0 aliphatic carbocycles. The lowest BCUT2D eigenvalue weighted by Gasteiger charge is -2.23. The number of aromatic nitrogens is 8. The lowest BCUT2D eigenvalue weighted by Crippen LogP contribution is -2.22. The lowest BCUT2D eigenvalue weighted by atomic mass is 10.1. The monoisotopic (exact) mass is 1760 g/mol. The van der Waals surface area contributed by atoms with Crippen molar-refractivity contribution in [1.29, 1.82) is 0 Å². The van der Waals surface area contributed by atoms with Gasteiger partial charge in [-0.1, -0.05) is 178 Å². The van der Waals surface area contributed by atoms with E-state index in [4.69, 9.17) is 35.6 Å². The Labute approximate surface area is 696 Å². The van der Waals surface area contributed by atoms with Gasteiger partial charge in [-0.2, -0.15) is 0 Å². The first kappa shape index (κ1) is 80.8. The van der Waals surface area contributed by atoms with Crippen LogP contribution in [0.5, 0.6) is 0 Å². The molecule has 0 amide bonds. The van der Waals surface area contributed by atoms with Gasteiger partial charge < -0.3 is 15.7 Å². The molecule has 25 nitrogen and oxygen atoms in total. The van der Waals surface area contributed by atoms with Crippen molar-refractivity contribution in [3.63, 3.8) is 0 Å². The maximum absolute atomic E-state index is 17.4.